The summed E-state index contributed by atoms with van der Waals surface area (Å²) in [6.45, 7) is 2.27. The number of H-pyrrole nitrogens is 1. The van der Waals surface area contributed by atoms with Crippen LogP contribution in [-0.2, 0) is 0 Å². The Hall–Kier alpha value is -0.480. The number of aromatic amines is 1. The molecule has 15 heavy (non-hydrogen) atoms. The molecule has 1 aliphatic rings. The minimum atomic E-state index is 0.336. The van der Waals surface area contributed by atoms with Crippen LogP contribution in [0.4, 0.5) is 0 Å². The predicted octanol–water partition coefficient (Wildman–Crippen LogP) is 2.41. The van der Waals surface area contributed by atoms with E-state index in [0.29, 0.717) is 11.3 Å². The lowest BCUT2D eigenvalue weighted by molar-refractivity contribution is 0.327. The topological polar surface area (TPSA) is 54.7 Å². The van der Waals surface area contributed by atoms with Gasteiger partial charge in [-0.3, -0.25) is 0 Å². The standard InChI is InChI=1S/C11H19N3S/c1-2-8-3-4-9(12)10(7-8)15-11-13-5-6-14-11/h5-6,8-10H,2-4,7,12H2,1H3,(H,13,14). The number of hydrogen-bond donors (Lipinski definition) is 2. The average molecular weight is 225 g/mol. The van der Waals surface area contributed by atoms with Crippen LogP contribution in [0.25, 0.3) is 0 Å². The molecule has 1 aliphatic carbocycles. The lowest BCUT2D eigenvalue weighted by Gasteiger charge is -2.32. The van der Waals surface area contributed by atoms with Crippen molar-refractivity contribution in [3.05, 3.63) is 12.4 Å². The summed E-state index contributed by atoms with van der Waals surface area (Å²) in [7, 11) is 0. The van der Waals surface area contributed by atoms with Gasteiger partial charge in [-0.2, -0.15) is 0 Å². The van der Waals surface area contributed by atoms with Gasteiger partial charge in [0.15, 0.2) is 5.16 Å². The first-order valence-electron chi connectivity index (χ1n) is 5.71. The summed E-state index contributed by atoms with van der Waals surface area (Å²) in [6.07, 6.45) is 8.65. The van der Waals surface area contributed by atoms with E-state index in [1.807, 2.05) is 6.20 Å². The van der Waals surface area contributed by atoms with Crippen LogP contribution in [0.1, 0.15) is 32.6 Å². The first kappa shape index (κ1) is 11.0. The van der Waals surface area contributed by atoms with Gasteiger partial charge in [-0.1, -0.05) is 25.1 Å². The summed E-state index contributed by atoms with van der Waals surface area (Å²) >= 11 is 1.81. The first-order valence-corrected chi connectivity index (χ1v) is 6.59. The fourth-order valence-electron chi connectivity index (χ4n) is 2.20. The molecule has 1 fully saturated rings. The Balaban J connectivity index is 1.94. The molecule has 3 N–H and O–H groups in total. The maximum atomic E-state index is 6.15. The molecule has 0 amide bonds. The summed E-state index contributed by atoms with van der Waals surface area (Å²) in [5, 5.41) is 1.54. The fourth-order valence-corrected chi connectivity index (χ4v) is 3.42. The zero-order valence-corrected chi connectivity index (χ0v) is 9.96. The van der Waals surface area contributed by atoms with E-state index >= 15 is 0 Å². The minimum Gasteiger partial charge on any atom is -0.340 e. The quantitative estimate of drug-likeness (QED) is 0.830. The molecule has 2 rings (SSSR count). The van der Waals surface area contributed by atoms with E-state index in [1.54, 1.807) is 18.0 Å². The highest BCUT2D eigenvalue weighted by molar-refractivity contribution is 7.99. The van der Waals surface area contributed by atoms with Gasteiger partial charge in [0.1, 0.15) is 0 Å². The van der Waals surface area contributed by atoms with Crippen LogP contribution in [0.2, 0.25) is 0 Å². The molecule has 0 aliphatic heterocycles. The van der Waals surface area contributed by atoms with E-state index in [9.17, 15) is 0 Å². The lowest BCUT2D eigenvalue weighted by atomic mass is 9.84. The molecule has 1 heterocycles. The molecule has 1 saturated carbocycles. The van der Waals surface area contributed by atoms with Crippen molar-refractivity contribution in [1.29, 1.82) is 0 Å². The van der Waals surface area contributed by atoms with Crippen molar-refractivity contribution in [2.45, 2.75) is 49.1 Å². The normalized spacial score (nSPS) is 31.7. The summed E-state index contributed by atoms with van der Waals surface area (Å²) in [5.74, 6) is 0.859. The molecule has 1 aromatic rings. The van der Waals surface area contributed by atoms with E-state index in [1.165, 1.54) is 19.3 Å². The van der Waals surface area contributed by atoms with E-state index in [2.05, 4.69) is 16.9 Å². The molecule has 0 bridgehead atoms. The second-order valence-electron chi connectivity index (χ2n) is 4.30. The number of aromatic nitrogens is 2. The lowest BCUT2D eigenvalue weighted by Crippen LogP contribution is -2.38. The van der Waals surface area contributed by atoms with Gasteiger partial charge in [-0.15, -0.1) is 0 Å². The van der Waals surface area contributed by atoms with E-state index < -0.39 is 0 Å². The molecule has 0 saturated heterocycles. The van der Waals surface area contributed by atoms with Crippen molar-refractivity contribution in [1.82, 2.24) is 9.97 Å². The van der Waals surface area contributed by atoms with Crippen molar-refractivity contribution in [2.24, 2.45) is 11.7 Å². The molecule has 3 atom stereocenters. The number of imidazole rings is 1. The van der Waals surface area contributed by atoms with Crippen LogP contribution in [0.5, 0.6) is 0 Å². The zero-order chi connectivity index (χ0) is 10.7. The van der Waals surface area contributed by atoms with Crippen LogP contribution < -0.4 is 5.73 Å². The maximum Gasteiger partial charge on any atom is 0.165 e. The van der Waals surface area contributed by atoms with Crippen molar-refractivity contribution in [3.63, 3.8) is 0 Å². The van der Waals surface area contributed by atoms with Crippen LogP contribution >= 0.6 is 11.8 Å². The van der Waals surface area contributed by atoms with Crippen molar-refractivity contribution in [2.75, 3.05) is 0 Å². The third kappa shape index (κ3) is 2.75. The highest BCUT2D eigenvalue weighted by Crippen LogP contribution is 2.35. The molecular formula is C11H19N3S. The Labute approximate surface area is 95.2 Å². The SMILES string of the molecule is CCC1CCC(N)C(Sc2ncc[nH]2)C1. The molecule has 0 spiro atoms. The molecule has 1 aromatic heterocycles. The summed E-state index contributed by atoms with van der Waals surface area (Å²) < 4.78 is 0. The van der Waals surface area contributed by atoms with Gasteiger partial charge in [0.05, 0.1) is 0 Å². The fraction of sp³-hybridized carbons (Fsp3) is 0.727. The first-order chi connectivity index (χ1) is 7.29. The van der Waals surface area contributed by atoms with Crippen molar-refractivity contribution < 1.29 is 0 Å². The second-order valence-corrected chi connectivity index (χ2v) is 5.53. The van der Waals surface area contributed by atoms with Crippen LogP contribution in [0.3, 0.4) is 0 Å². The summed E-state index contributed by atoms with van der Waals surface area (Å²) in [4.78, 5) is 7.38. The van der Waals surface area contributed by atoms with Gasteiger partial charge in [0, 0.05) is 23.7 Å². The van der Waals surface area contributed by atoms with E-state index in [-0.39, 0.29) is 0 Å². The van der Waals surface area contributed by atoms with Gasteiger partial charge in [0.2, 0.25) is 0 Å². The van der Waals surface area contributed by atoms with Crippen LogP contribution in [-0.4, -0.2) is 21.3 Å². The Morgan fingerprint density at radius 2 is 2.47 bits per heavy atom. The van der Waals surface area contributed by atoms with E-state index in [0.717, 1.165) is 17.5 Å². The minimum absolute atomic E-state index is 0.336. The Morgan fingerprint density at radius 1 is 1.60 bits per heavy atom. The van der Waals surface area contributed by atoms with E-state index in [4.69, 9.17) is 5.73 Å². The summed E-state index contributed by atoms with van der Waals surface area (Å²) in [6, 6.07) is 0.336. The highest BCUT2D eigenvalue weighted by atomic mass is 32.2. The molecule has 3 nitrogen and oxygen atoms in total. The average Bonchev–Trinajstić information content (AvgIpc) is 2.74. The number of rotatable bonds is 3. The number of hydrogen-bond acceptors (Lipinski definition) is 3. The Kier molecular flexibility index (Phi) is 3.70. The Morgan fingerprint density at radius 3 is 3.13 bits per heavy atom. The van der Waals surface area contributed by atoms with Gasteiger partial charge in [0.25, 0.3) is 0 Å². The Bertz CT molecular complexity index is 286. The molecule has 0 radical (unpaired) electrons. The van der Waals surface area contributed by atoms with Gasteiger partial charge in [-0.05, 0) is 25.2 Å². The van der Waals surface area contributed by atoms with Gasteiger partial charge >= 0.3 is 0 Å². The second kappa shape index (κ2) is 5.03. The molecular weight excluding hydrogens is 206 g/mol. The molecule has 3 unspecified atom stereocenters. The zero-order valence-electron chi connectivity index (χ0n) is 9.15. The van der Waals surface area contributed by atoms with Crippen LogP contribution in [0, 0.1) is 5.92 Å². The number of nitrogens with one attached hydrogen (secondary N) is 1. The van der Waals surface area contributed by atoms with Crippen LogP contribution in [0.15, 0.2) is 17.6 Å². The molecule has 0 aromatic carbocycles. The van der Waals surface area contributed by atoms with Gasteiger partial charge in [-0.25, -0.2) is 4.98 Å². The largest absolute Gasteiger partial charge is 0.340 e. The molecule has 84 valence electrons. The smallest absolute Gasteiger partial charge is 0.165 e. The maximum absolute atomic E-state index is 6.15. The predicted molar refractivity (Wildman–Crippen MR) is 63.8 cm³/mol. The third-order valence-corrected chi connectivity index (χ3v) is 4.56. The van der Waals surface area contributed by atoms with Crippen molar-refractivity contribution >= 4 is 11.8 Å². The monoisotopic (exact) mass is 225 g/mol. The number of nitrogens with zero attached hydrogens (tertiary/aromatic N) is 1. The number of nitrogens with two attached hydrogens (primary N) is 1. The third-order valence-electron chi connectivity index (χ3n) is 3.26. The van der Waals surface area contributed by atoms with Crippen molar-refractivity contribution in [3.8, 4) is 0 Å². The highest BCUT2D eigenvalue weighted by Gasteiger charge is 2.28. The van der Waals surface area contributed by atoms with Gasteiger partial charge < -0.3 is 10.7 Å². The number of thioether (sulfide) groups is 1. The summed E-state index contributed by atoms with van der Waals surface area (Å²) in [5.41, 5.74) is 6.15. The molecule has 4 heteroatoms.